The second kappa shape index (κ2) is 9.76. The first-order valence-electron chi connectivity index (χ1n) is 11.5. The molecule has 1 aliphatic heterocycles. The number of benzene rings is 3. The largest absolute Gasteiger partial charge is 0.492 e. The number of hydrogen-bond donors (Lipinski definition) is 0. The summed E-state index contributed by atoms with van der Waals surface area (Å²) in [7, 11) is 0. The number of aryl methyl sites for hydroxylation is 1. The molecule has 0 saturated carbocycles. The normalized spacial score (nSPS) is 14.5. The zero-order valence-corrected chi connectivity index (χ0v) is 19.4. The summed E-state index contributed by atoms with van der Waals surface area (Å²) < 4.78 is 12.5. The van der Waals surface area contributed by atoms with E-state index in [1.807, 2.05) is 24.3 Å². The average molecular weight is 444 g/mol. The van der Waals surface area contributed by atoms with Crippen LogP contribution in [0.4, 0.5) is 0 Å². The summed E-state index contributed by atoms with van der Waals surface area (Å²) >= 11 is 1.76. The number of likely N-dealkylation sites (tertiary alicyclic amines) is 1. The predicted octanol–water partition coefficient (Wildman–Crippen LogP) is 7.53. The predicted molar refractivity (Wildman–Crippen MR) is 134 cm³/mol. The van der Waals surface area contributed by atoms with E-state index in [-0.39, 0.29) is 0 Å². The topological polar surface area (TPSA) is 21.7 Å². The minimum Gasteiger partial charge on any atom is -0.492 e. The fourth-order valence-electron chi connectivity index (χ4n) is 4.36. The van der Waals surface area contributed by atoms with Crippen LogP contribution in [0, 0.1) is 6.92 Å². The molecular formula is C28H29NO2S. The van der Waals surface area contributed by atoms with Crippen molar-refractivity contribution in [1.82, 2.24) is 4.90 Å². The summed E-state index contributed by atoms with van der Waals surface area (Å²) in [4.78, 5) is 3.79. The third-order valence-electron chi connectivity index (χ3n) is 6.09. The lowest BCUT2D eigenvalue weighted by molar-refractivity contribution is 0.183. The van der Waals surface area contributed by atoms with Gasteiger partial charge in [-0.2, -0.15) is 0 Å². The number of fused-ring (bicyclic) bond motifs is 1. The molecule has 1 fully saturated rings. The Morgan fingerprint density at radius 2 is 1.66 bits per heavy atom. The highest BCUT2D eigenvalue weighted by Crippen LogP contribution is 2.41. The van der Waals surface area contributed by atoms with Crippen LogP contribution in [0.15, 0.2) is 72.1 Å². The maximum Gasteiger partial charge on any atom is 0.143 e. The lowest BCUT2D eigenvalue weighted by Crippen LogP contribution is -2.33. The van der Waals surface area contributed by atoms with Gasteiger partial charge in [0.25, 0.3) is 0 Å². The maximum atomic E-state index is 6.48. The van der Waals surface area contributed by atoms with Crippen LogP contribution in [-0.4, -0.2) is 31.1 Å². The molecule has 0 unspecified atom stereocenters. The monoisotopic (exact) mass is 443 g/mol. The van der Waals surface area contributed by atoms with Crippen molar-refractivity contribution in [2.24, 2.45) is 0 Å². The van der Waals surface area contributed by atoms with Gasteiger partial charge in [0.1, 0.15) is 23.9 Å². The summed E-state index contributed by atoms with van der Waals surface area (Å²) in [5, 5.41) is 4.50. The number of hydrogen-bond acceptors (Lipinski definition) is 4. The van der Waals surface area contributed by atoms with E-state index < -0.39 is 0 Å². The van der Waals surface area contributed by atoms with Gasteiger partial charge < -0.3 is 9.47 Å². The van der Waals surface area contributed by atoms with E-state index in [9.17, 15) is 0 Å². The second-order valence-electron chi connectivity index (χ2n) is 8.43. The molecule has 2 heterocycles. The van der Waals surface area contributed by atoms with Gasteiger partial charge in [0.05, 0.1) is 0 Å². The zero-order valence-electron chi connectivity index (χ0n) is 18.5. The van der Waals surface area contributed by atoms with Crippen LogP contribution in [0.5, 0.6) is 17.2 Å². The second-order valence-corrected chi connectivity index (χ2v) is 9.55. The molecule has 1 saturated heterocycles. The van der Waals surface area contributed by atoms with Crippen molar-refractivity contribution in [3.63, 3.8) is 0 Å². The van der Waals surface area contributed by atoms with E-state index in [1.54, 1.807) is 11.3 Å². The minimum absolute atomic E-state index is 0.727. The summed E-state index contributed by atoms with van der Waals surface area (Å²) in [5.74, 6) is 2.61. The molecule has 1 aliphatic rings. The molecule has 0 spiro atoms. The standard InChI is InChI=1S/C28H29NO2S/c1-21-19-23(20-32-21)27-14-9-22-7-3-4-8-26(22)28(27)31-25-12-10-24(11-13-25)30-18-17-29-15-5-2-6-16-29/h3-4,7-14,19-20H,2,5-6,15-18H2,1H3. The number of piperidine rings is 1. The Morgan fingerprint density at radius 3 is 2.44 bits per heavy atom. The molecule has 0 radical (unpaired) electrons. The van der Waals surface area contributed by atoms with E-state index >= 15 is 0 Å². The van der Waals surface area contributed by atoms with Gasteiger partial charge >= 0.3 is 0 Å². The minimum atomic E-state index is 0.727. The van der Waals surface area contributed by atoms with E-state index in [0.29, 0.717) is 0 Å². The lowest BCUT2D eigenvalue weighted by atomic mass is 10.0. The van der Waals surface area contributed by atoms with Crippen LogP contribution < -0.4 is 9.47 Å². The highest BCUT2D eigenvalue weighted by Gasteiger charge is 2.14. The summed E-state index contributed by atoms with van der Waals surface area (Å²) in [6.45, 7) is 6.27. The highest BCUT2D eigenvalue weighted by molar-refractivity contribution is 7.10. The molecule has 0 amide bonds. The fraction of sp³-hybridized carbons (Fsp3) is 0.286. The third kappa shape index (κ3) is 4.82. The quantitative estimate of drug-likeness (QED) is 0.295. The Hall–Kier alpha value is -2.82. The van der Waals surface area contributed by atoms with Crippen LogP contribution in [-0.2, 0) is 0 Å². The summed E-state index contributed by atoms with van der Waals surface area (Å²) in [5.41, 5.74) is 2.32. The first kappa shape index (κ1) is 21.0. The fourth-order valence-corrected chi connectivity index (χ4v) is 5.07. The van der Waals surface area contributed by atoms with E-state index in [4.69, 9.17) is 9.47 Å². The van der Waals surface area contributed by atoms with E-state index in [0.717, 1.165) is 41.3 Å². The van der Waals surface area contributed by atoms with Gasteiger partial charge in [-0.1, -0.05) is 36.8 Å². The molecular weight excluding hydrogens is 414 g/mol. The molecule has 0 N–H and O–H groups in total. The Balaban J connectivity index is 1.33. The van der Waals surface area contributed by atoms with Crippen LogP contribution in [0.3, 0.4) is 0 Å². The van der Waals surface area contributed by atoms with Crippen molar-refractivity contribution in [2.45, 2.75) is 26.2 Å². The number of ether oxygens (including phenoxy) is 2. The van der Waals surface area contributed by atoms with Crippen LogP contribution >= 0.6 is 11.3 Å². The van der Waals surface area contributed by atoms with Gasteiger partial charge in [-0.05, 0) is 85.6 Å². The average Bonchev–Trinajstić information content (AvgIpc) is 3.27. The van der Waals surface area contributed by atoms with E-state index in [2.05, 4.69) is 59.7 Å². The molecule has 3 nitrogen and oxygen atoms in total. The van der Waals surface area contributed by atoms with Crippen molar-refractivity contribution in [1.29, 1.82) is 0 Å². The first-order chi connectivity index (χ1) is 15.8. The molecule has 4 aromatic rings. The molecule has 0 bridgehead atoms. The molecule has 5 rings (SSSR count). The lowest BCUT2D eigenvalue weighted by Gasteiger charge is -2.26. The van der Waals surface area contributed by atoms with E-state index in [1.165, 1.54) is 48.2 Å². The van der Waals surface area contributed by atoms with Crippen LogP contribution in [0.1, 0.15) is 24.1 Å². The number of nitrogens with zero attached hydrogens (tertiary/aromatic N) is 1. The molecule has 4 heteroatoms. The van der Waals surface area contributed by atoms with Crippen molar-refractivity contribution < 1.29 is 9.47 Å². The van der Waals surface area contributed by atoms with Gasteiger partial charge in [-0.3, -0.25) is 4.90 Å². The molecule has 164 valence electrons. The van der Waals surface area contributed by atoms with Crippen LogP contribution in [0.25, 0.3) is 21.9 Å². The van der Waals surface area contributed by atoms with Crippen molar-refractivity contribution >= 4 is 22.1 Å². The van der Waals surface area contributed by atoms with Gasteiger partial charge in [0.15, 0.2) is 0 Å². The Morgan fingerprint density at radius 1 is 0.875 bits per heavy atom. The van der Waals surface area contributed by atoms with Gasteiger partial charge in [0.2, 0.25) is 0 Å². The van der Waals surface area contributed by atoms with Crippen LogP contribution in [0.2, 0.25) is 0 Å². The molecule has 0 aliphatic carbocycles. The van der Waals surface area contributed by atoms with Gasteiger partial charge in [-0.25, -0.2) is 0 Å². The number of rotatable bonds is 7. The van der Waals surface area contributed by atoms with Crippen molar-refractivity contribution in [3.05, 3.63) is 77.0 Å². The maximum absolute atomic E-state index is 6.48. The third-order valence-corrected chi connectivity index (χ3v) is 6.95. The molecule has 3 aromatic carbocycles. The molecule has 32 heavy (non-hydrogen) atoms. The number of thiophene rings is 1. The summed E-state index contributed by atoms with van der Waals surface area (Å²) in [6, 6.07) is 23.0. The van der Waals surface area contributed by atoms with Crippen molar-refractivity contribution in [3.8, 4) is 28.4 Å². The SMILES string of the molecule is Cc1cc(-c2ccc3ccccc3c2Oc2ccc(OCCN3CCCCC3)cc2)cs1. The first-order valence-corrected chi connectivity index (χ1v) is 12.3. The Bertz CT molecular complexity index is 1180. The smallest absolute Gasteiger partial charge is 0.143 e. The zero-order chi connectivity index (χ0) is 21.8. The van der Waals surface area contributed by atoms with Gasteiger partial charge in [-0.15, -0.1) is 11.3 Å². The Labute approximate surface area is 194 Å². The Kier molecular flexibility index (Phi) is 6.42. The van der Waals surface area contributed by atoms with Gasteiger partial charge in [0, 0.05) is 22.4 Å². The van der Waals surface area contributed by atoms with Crippen molar-refractivity contribution in [2.75, 3.05) is 26.2 Å². The highest BCUT2D eigenvalue weighted by atomic mass is 32.1. The summed E-state index contributed by atoms with van der Waals surface area (Å²) in [6.07, 6.45) is 3.99. The molecule has 0 atom stereocenters. The molecule has 1 aromatic heterocycles.